The second kappa shape index (κ2) is 8.24. The van der Waals surface area contributed by atoms with Gasteiger partial charge in [-0.1, -0.05) is 36.9 Å². The SMILES string of the molecule is CCCSC(N)=Nc1cccc(C=Cc2ccc(N)cn2)c1. The zero-order chi connectivity index (χ0) is 15.8. The molecule has 0 saturated carbocycles. The average molecular weight is 312 g/mol. The molecule has 0 aliphatic heterocycles. The Labute approximate surface area is 135 Å². The summed E-state index contributed by atoms with van der Waals surface area (Å²) in [6, 6.07) is 11.6. The standard InChI is InChI=1S/C17H20N4S/c1-2-10-22-17(19)21-16-5-3-4-13(11-16)6-8-15-9-7-14(18)12-20-15/h3-9,11-12H,2,10,18H2,1H3,(H2,19,21). The Morgan fingerprint density at radius 3 is 2.86 bits per heavy atom. The summed E-state index contributed by atoms with van der Waals surface area (Å²) >= 11 is 1.58. The molecule has 4 N–H and O–H groups in total. The molecule has 0 spiro atoms. The van der Waals surface area contributed by atoms with E-state index >= 15 is 0 Å². The predicted molar refractivity (Wildman–Crippen MR) is 98.1 cm³/mol. The van der Waals surface area contributed by atoms with Gasteiger partial charge in [-0.3, -0.25) is 4.98 Å². The molecular weight excluding hydrogens is 292 g/mol. The minimum absolute atomic E-state index is 0.600. The Morgan fingerprint density at radius 2 is 2.14 bits per heavy atom. The van der Waals surface area contributed by atoms with Crippen LogP contribution in [0.3, 0.4) is 0 Å². The molecule has 0 unspecified atom stereocenters. The quantitative estimate of drug-likeness (QED) is 0.648. The number of nitrogen functional groups attached to an aromatic ring is 1. The first-order valence-corrected chi connectivity index (χ1v) is 8.12. The Bertz CT molecular complexity index is 663. The van der Waals surface area contributed by atoms with E-state index in [0.717, 1.165) is 29.1 Å². The number of benzene rings is 1. The Hall–Kier alpha value is -2.27. The summed E-state index contributed by atoms with van der Waals surface area (Å²) in [6.45, 7) is 2.12. The number of aliphatic imine (C=N–C) groups is 1. The molecule has 5 heteroatoms. The topological polar surface area (TPSA) is 77.3 Å². The Balaban J connectivity index is 2.09. The highest BCUT2D eigenvalue weighted by atomic mass is 32.2. The van der Waals surface area contributed by atoms with E-state index < -0.39 is 0 Å². The van der Waals surface area contributed by atoms with E-state index in [1.165, 1.54) is 0 Å². The molecule has 4 nitrogen and oxygen atoms in total. The first-order valence-electron chi connectivity index (χ1n) is 7.14. The number of thioether (sulfide) groups is 1. The van der Waals surface area contributed by atoms with Crippen LogP contribution in [0.15, 0.2) is 47.6 Å². The van der Waals surface area contributed by atoms with E-state index in [1.807, 2.05) is 48.6 Å². The summed E-state index contributed by atoms with van der Waals surface area (Å²) in [6.07, 6.45) is 6.66. The van der Waals surface area contributed by atoms with Crippen LogP contribution in [0.4, 0.5) is 11.4 Å². The Morgan fingerprint density at radius 1 is 1.27 bits per heavy atom. The van der Waals surface area contributed by atoms with Crippen LogP contribution in [0.2, 0.25) is 0 Å². The van der Waals surface area contributed by atoms with Crippen molar-refractivity contribution >= 4 is 40.5 Å². The molecule has 0 radical (unpaired) electrons. The third kappa shape index (κ3) is 5.26. The van der Waals surface area contributed by atoms with E-state index in [-0.39, 0.29) is 0 Å². The van der Waals surface area contributed by atoms with Crippen LogP contribution < -0.4 is 11.5 Å². The van der Waals surface area contributed by atoms with E-state index in [4.69, 9.17) is 11.5 Å². The normalized spacial score (nSPS) is 12.0. The van der Waals surface area contributed by atoms with Crippen molar-refractivity contribution in [1.82, 2.24) is 4.98 Å². The van der Waals surface area contributed by atoms with Gasteiger partial charge < -0.3 is 11.5 Å². The molecule has 1 aromatic carbocycles. The summed E-state index contributed by atoms with van der Waals surface area (Å²) in [5.41, 5.74) is 14.9. The largest absolute Gasteiger partial charge is 0.397 e. The highest BCUT2D eigenvalue weighted by Gasteiger charge is 1.96. The number of nitrogens with zero attached hydrogens (tertiary/aromatic N) is 2. The van der Waals surface area contributed by atoms with Crippen LogP contribution in [0, 0.1) is 0 Å². The number of aromatic nitrogens is 1. The van der Waals surface area contributed by atoms with Crippen LogP contribution >= 0.6 is 11.8 Å². The van der Waals surface area contributed by atoms with Crippen molar-refractivity contribution in [2.24, 2.45) is 10.7 Å². The fraction of sp³-hybridized carbons (Fsp3) is 0.176. The second-order valence-corrected chi connectivity index (χ2v) is 5.86. The lowest BCUT2D eigenvalue weighted by Gasteiger charge is -2.00. The fourth-order valence-electron chi connectivity index (χ4n) is 1.76. The van der Waals surface area contributed by atoms with Crippen molar-refractivity contribution in [3.63, 3.8) is 0 Å². The van der Waals surface area contributed by atoms with Gasteiger partial charge in [-0.25, -0.2) is 4.99 Å². The molecule has 0 fully saturated rings. The molecule has 0 atom stereocenters. The first kappa shape index (κ1) is 16.1. The monoisotopic (exact) mass is 312 g/mol. The molecule has 2 aromatic rings. The van der Waals surface area contributed by atoms with Crippen LogP contribution in [0.25, 0.3) is 12.2 Å². The van der Waals surface area contributed by atoms with E-state index in [2.05, 4.69) is 16.9 Å². The number of amidine groups is 1. The summed E-state index contributed by atoms with van der Waals surface area (Å²) in [5, 5.41) is 0.600. The van der Waals surface area contributed by atoms with Gasteiger partial charge in [-0.05, 0) is 42.3 Å². The van der Waals surface area contributed by atoms with Gasteiger partial charge in [0, 0.05) is 5.75 Å². The van der Waals surface area contributed by atoms with Gasteiger partial charge in [0.1, 0.15) is 0 Å². The molecule has 1 aromatic heterocycles. The highest BCUT2D eigenvalue weighted by Crippen LogP contribution is 2.18. The second-order valence-electron chi connectivity index (χ2n) is 4.74. The van der Waals surface area contributed by atoms with Crippen LogP contribution in [0.5, 0.6) is 0 Å². The molecule has 2 rings (SSSR count). The van der Waals surface area contributed by atoms with E-state index in [1.54, 1.807) is 18.0 Å². The summed E-state index contributed by atoms with van der Waals surface area (Å²) in [4.78, 5) is 8.65. The molecule has 0 amide bonds. The number of nitrogens with two attached hydrogens (primary N) is 2. The minimum atomic E-state index is 0.600. The van der Waals surface area contributed by atoms with Crippen LogP contribution in [-0.2, 0) is 0 Å². The smallest absolute Gasteiger partial charge is 0.159 e. The van der Waals surface area contributed by atoms with E-state index in [9.17, 15) is 0 Å². The highest BCUT2D eigenvalue weighted by molar-refractivity contribution is 8.13. The van der Waals surface area contributed by atoms with Crippen molar-refractivity contribution in [3.8, 4) is 0 Å². The molecule has 0 aliphatic carbocycles. The molecule has 0 bridgehead atoms. The van der Waals surface area contributed by atoms with Gasteiger partial charge in [0.2, 0.25) is 0 Å². The fourth-order valence-corrected chi connectivity index (χ4v) is 2.34. The van der Waals surface area contributed by atoms with Gasteiger partial charge >= 0.3 is 0 Å². The zero-order valence-corrected chi connectivity index (χ0v) is 13.4. The maximum Gasteiger partial charge on any atom is 0.159 e. The summed E-state index contributed by atoms with van der Waals surface area (Å²) < 4.78 is 0. The van der Waals surface area contributed by atoms with Gasteiger partial charge in [0.25, 0.3) is 0 Å². The van der Waals surface area contributed by atoms with Crippen molar-refractivity contribution in [1.29, 1.82) is 0 Å². The molecule has 114 valence electrons. The number of rotatable bonds is 5. The maximum absolute atomic E-state index is 5.89. The predicted octanol–water partition coefficient (Wildman–Crippen LogP) is 3.92. The number of hydrogen-bond acceptors (Lipinski definition) is 4. The number of pyridine rings is 1. The average Bonchev–Trinajstić information content (AvgIpc) is 2.53. The van der Waals surface area contributed by atoms with Gasteiger partial charge in [0.05, 0.1) is 23.3 Å². The first-order chi connectivity index (χ1) is 10.7. The third-order valence-electron chi connectivity index (χ3n) is 2.82. The van der Waals surface area contributed by atoms with Gasteiger partial charge in [-0.2, -0.15) is 0 Å². The lowest BCUT2D eigenvalue weighted by Crippen LogP contribution is -2.06. The van der Waals surface area contributed by atoms with Crippen molar-refractivity contribution in [3.05, 3.63) is 53.9 Å². The minimum Gasteiger partial charge on any atom is -0.397 e. The number of hydrogen-bond donors (Lipinski definition) is 2. The number of anilines is 1. The maximum atomic E-state index is 5.89. The molecule has 0 saturated heterocycles. The summed E-state index contributed by atoms with van der Waals surface area (Å²) in [7, 11) is 0. The molecule has 22 heavy (non-hydrogen) atoms. The lowest BCUT2D eigenvalue weighted by molar-refractivity contribution is 1.11. The van der Waals surface area contributed by atoms with Crippen molar-refractivity contribution in [2.75, 3.05) is 11.5 Å². The molecular formula is C17H20N4S. The van der Waals surface area contributed by atoms with Crippen molar-refractivity contribution < 1.29 is 0 Å². The van der Waals surface area contributed by atoms with Crippen LogP contribution in [-0.4, -0.2) is 15.9 Å². The summed E-state index contributed by atoms with van der Waals surface area (Å²) in [5.74, 6) is 0.984. The van der Waals surface area contributed by atoms with Crippen LogP contribution in [0.1, 0.15) is 24.6 Å². The van der Waals surface area contributed by atoms with Crippen molar-refractivity contribution in [2.45, 2.75) is 13.3 Å². The third-order valence-corrected chi connectivity index (χ3v) is 3.82. The lowest BCUT2D eigenvalue weighted by atomic mass is 10.1. The molecule has 0 aliphatic rings. The zero-order valence-electron chi connectivity index (χ0n) is 12.6. The van der Waals surface area contributed by atoms with E-state index in [0.29, 0.717) is 10.9 Å². The molecule has 1 heterocycles. The van der Waals surface area contributed by atoms with Gasteiger partial charge in [0.15, 0.2) is 5.17 Å². The van der Waals surface area contributed by atoms with Gasteiger partial charge in [-0.15, -0.1) is 0 Å². The Kier molecular flexibility index (Phi) is 6.03.